The fourth-order valence-corrected chi connectivity index (χ4v) is 4.12. The van der Waals surface area contributed by atoms with Gasteiger partial charge in [0.1, 0.15) is 0 Å². The highest BCUT2D eigenvalue weighted by Gasteiger charge is 2.42. The van der Waals surface area contributed by atoms with Gasteiger partial charge in [-0.05, 0) is 44.4 Å². The van der Waals surface area contributed by atoms with Crippen LogP contribution in [0.3, 0.4) is 0 Å². The van der Waals surface area contributed by atoms with Crippen LogP contribution in [0.2, 0.25) is 0 Å². The van der Waals surface area contributed by atoms with Crippen LogP contribution in [-0.4, -0.2) is 35.5 Å². The van der Waals surface area contributed by atoms with Crippen molar-refractivity contribution in [2.45, 2.75) is 70.5 Å². The SMILES string of the molecule is CC1CCN(C(=O)C2CC3CCCCC3N2)C1C. The summed E-state index contributed by atoms with van der Waals surface area (Å²) in [4.78, 5) is 14.7. The molecule has 5 unspecified atom stereocenters. The highest BCUT2D eigenvalue weighted by atomic mass is 16.2. The zero-order valence-electron chi connectivity index (χ0n) is 11.7. The number of hydrogen-bond donors (Lipinski definition) is 1. The number of fused-ring (bicyclic) bond motifs is 1. The zero-order chi connectivity index (χ0) is 12.7. The van der Waals surface area contributed by atoms with Crippen molar-refractivity contribution in [3.8, 4) is 0 Å². The third-order valence-corrected chi connectivity index (χ3v) is 5.58. The number of nitrogens with one attached hydrogen (secondary N) is 1. The summed E-state index contributed by atoms with van der Waals surface area (Å²) in [5.41, 5.74) is 0. The minimum absolute atomic E-state index is 0.117. The molecule has 5 atom stereocenters. The molecule has 0 bridgehead atoms. The Labute approximate surface area is 110 Å². The van der Waals surface area contributed by atoms with Gasteiger partial charge in [0.25, 0.3) is 0 Å². The standard InChI is InChI=1S/C15H26N2O/c1-10-7-8-17(11(10)2)15(18)14-9-12-5-3-4-6-13(12)16-14/h10-14,16H,3-9H2,1-2H3. The van der Waals surface area contributed by atoms with Crippen LogP contribution in [0.5, 0.6) is 0 Å². The molecule has 18 heavy (non-hydrogen) atoms. The van der Waals surface area contributed by atoms with Gasteiger partial charge in [0.15, 0.2) is 0 Å². The van der Waals surface area contributed by atoms with Crippen molar-refractivity contribution in [2.75, 3.05) is 6.54 Å². The molecule has 3 aliphatic rings. The predicted octanol–water partition coefficient (Wildman–Crippen LogP) is 2.16. The molecule has 2 aliphatic heterocycles. The van der Waals surface area contributed by atoms with Gasteiger partial charge in [-0.25, -0.2) is 0 Å². The number of carbonyl (C=O) groups is 1. The Balaban J connectivity index is 1.63. The first-order valence-electron chi connectivity index (χ1n) is 7.73. The van der Waals surface area contributed by atoms with Gasteiger partial charge in [-0.3, -0.25) is 4.79 Å². The largest absolute Gasteiger partial charge is 0.338 e. The average molecular weight is 250 g/mol. The van der Waals surface area contributed by atoms with E-state index in [2.05, 4.69) is 24.1 Å². The first-order chi connectivity index (χ1) is 8.66. The van der Waals surface area contributed by atoms with Crippen molar-refractivity contribution >= 4 is 5.91 Å². The van der Waals surface area contributed by atoms with E-state index in [1.54, 1.807) is 0 Å². The Morgan fingerprint density at radius 2 is 1.94 bits per heavy atom. The number of rotatable bonds is 1. The fourth-order valence-electron chi connectivity index (χ4n) is 4.12. The molecule has 1 N–H and O–H groups in total. The minimum Gasteiger partial charge on any atom is -0.338 e. The van der Waals surface area contributed by atoms with Crippen molar-refractivity contribution < 1.29 is 4.79 Å². The summed E-state index contributed by atoms with van der Waals surface area (Å²) in [5.74, 6) is 1.81. The quantitative estimate of drug-likeness (QED) is 0.773. The van der Waals surface area contributed by atoms with Gasteiger partial charge < -0.3 is 10.2 Å². The van der Waals surface area contributed by atoms with Crippen LogP contribution in [0.1, 0.15) is 52.4 Å². The average Bonchev–Trinajstić information content (AvgIpc) is 2.94. The van der Waals surface area contributed by atoms with E-state index < -0.39 is 0 Å². The Morgan fingerprint density at radius 3 is 2.61 bits per heavy atom. The van der Waals surface area contributed by atoms with Gasteiger partial charge in [0.05, 0.1) is 6.04 Å². The summed E-state index contributed by atoms with van der Waals surface area (Å²) in [6.07, 6.45) is 7.56. The number of amides is 1. The van der Waals surface area contributed by atoms with Crippen molar-refractivity contribution in [1.29, 1.82) is 0 Å². The summed E-state index contributed by atoms with van der Waals surface area (Å²) >= 11 is 0. The highest BCUT2D eigenvalue weighted by molar-refractivity contribution is 5.83. The van der Waals surface area contributed by atoms with Crippen LogP contribution in [-0.2, 0) is 4.79 Å². The smallest absolute Gasteiger partial charge is 0.239 e. The molecule has 3 heteroatoms. The van der Waals surface area contributed by atoms with E-state index in [-0.39, 0.29) is 6.04 Å². The topological polar surface area (TPSA) is 32.3 Å². The van der Waals surface area contributed by atoms with Crippen LogP contribution in [0.25, 0.3) is 0 Å². The van der Waals surface area contributed by atoms with Gasteiger partial charge in [-0.2, -0.15) is 0 Å². The monoisotopic (exact) mass is 250 g/mol. The molecule has 3 nitrogen and oxygen atoms in total. The third-order valence-electron chi connectivity index (χ3n) is 5.58. The summed E-state index contributed by atoms with van der Waals surface area (Å²) in [6, 6.07) is 1.18. The second-order valence-corrected chi connectivity index (χ2v) is 6.64. The summed E-state index contributed by atoms with van der Waals surface area (Å²) in [6.45, 7) is 5.44. The van der Waals surface area contributed by atoms with E-state index >= 15 is 0 Å². The van der Waals surface area contributed by atoms with Crippen LogP contribution < -0.4 is 5.32 Å². The highest BCUT2D eigenvalue weighted by Crippen LogP contribution is 2.34. The number of carbonyl (C=O) groups excluding carboxylic acids is 1. The van der Waals surface area contributed by atoms with E-state index in [0.29, 0.717) is 23.9 Å². The third kappa shape index (κ3) is 2.07. The van der Waals surface area contributed by atoms with E-state index in [4.69, 9.17) is 0 Å². The molecule has 1 aliphatic carbocycles. The summed E-state index contributed by atoms with van der Waals surface area (Å²) in [5, 5.41) is 3.61. The molecule has 0 aromatic carbocycles. The maximum atomic E-state index is 12.6. The number of hydrogen-bond acceptors (Lipinski definition) is 2. The van der Waals surface area contributed by atoms with Gasteiger partial charge in [0, 0.05) is 18.6 Å². The molecule has 102 valence electrons. The Bertz CT molecular complexity index is 316. The molecule has 0 radical (unpaired) electrons. The van der Waals surface area contributed by atoms with Gasteiger partial charge in [-0.1, -0.05) is 19.8 Å². The predicted molar refractivity (Wildman–Crippen MR) is 72.2 cm³/mol. The van der Waals surface area contributed by atoms with Gasteiger partial charge >= 0.3 is 0 Å². The van der Waals surface area contributed by atoms with E-state index in [9.17, 15) is 4.79 Å². The molecule has 0 aromatic rings. The van der Waals surface area contributed by atoms with Crippen molar-refractivity contribution in [3.63, 3.8) is 0 Å². The second kappa shape index (κ2) is 4.84. The molecule has 1 amide bonds. The lowest BCUT2D eigenvalue weighted by Gasteiger charge is -2.27. The van der Waals surface area contributed by atoms with Crippen LogP contribution in [0.15, 0.2) is 0 Å². The lowest BCUT2D eigenvalue weighted by molar-refractivity contribution is -0.134. The van der Waals surface area contributed by atoms with Crippen LogP contribution >= 0.6 is 0 Å². The maximum Gasteiger partial charge on any atom is 0.239 e. The van der Waals surface area contributed by atoms with Crippen molar-refractivity contribution in [1.82, 2.24) is 10.2 Å². The molecule has 2 heterocycles. The lowest BCUT2D eigenvalue weighted by atomic mass is 9.85. The number of likely N-dealkylation sites (tertiary alicyclic amines) is 1. The molecular weight excluding hydrogens is 224 g/mol. The van der Waals surface area contributed by atoms with Gasteiger partial charge in [0.2, 0.25) is 5.91 Å². The maximum absolute atomic E-state index is 12.6. The first kappa shape index (κ1) is 12.5. The molecule has 1 saturated carbocycles. The molecular formula is C15H26N2O. The molecule has 3 rings (SSSR count). The Hall–Kier alpha value is -0.570. The van der Waals surface area contributed by atoms with Crippen LogP contribution in [0, 0.1) is 11.8 Å². The number of nitrogens with zero attached hydrogens (tertiary/aromatic N) is 1. The fraction of sp³-hybridized carbons (Fsp3) is 0.933. The van der Waals surface area contributed by atoms with Crippen LogP contribution in [0.4, 0.5) is 0 Å². The van der Waals surface area contributed by atoms with E-state index in [0.717, 1.165) is 18.9 Å². The lowest BCUT2D eigenvalue weighted by Crippen LogP contribution is -2.47. The molecule has 0 aromatic heterocycles. The van der Waals surface area contributed by atoms with E-state index in [1.807, 2.05) is 0 Å². The summed E-state index contributed by atoms with van der Waals surface area (Å²) < 4.78 is 0. The Morgan fingerprint density at radius 1 is 1.17 bits per heavy atom. The Kier molecular flexibility index (Phi) is 3.35. The second-order valence-electron chi connectivity index (χ2n) is 6.64. The zero-order valence-corrected chi connectivity index (χ0v) is 11.7. The molecule has 3 fully saturated rings. The molecule has 0 spiro atoms. The van der Waals surface area contributed by atoms with Gasteiger partial charge in [-0.15, -0.1) is 0 Å². The van der Waals surface area contributed by atoms with E-state index in [1.165, 1.54) is 32.1 Å². The minimum atomic E-state index is 0.117. The first-order valence-corrected chi connectivity index (χ1v) is 7.73. The molecule has 2 saturated heterocycles. The van der Waals surface area contributed by atoms with Crippen molar-refractivity contribution in [3.05, 3.63) is 0 Å². The van der Waals surface area contributed by atoms with Crippen molar-refractivity contribution in [2.24, 2.45) is 11.8 Å². The summed E-state index contributed by atoms with van der Waals surface area (Å²) in [7, 11) is 0. The normalized spacial score (nSPS) is 44.1.